The monoisotopic (exact) mass is 286 g/mol. The summed E-state index contributed by atoms with van der Waals surface area (Å²) in [7, 11) is 0. The van der Waals surface area contributed by atoms with E-state index in [0.29, 0.717) is 6.54 Å². The van der Waals surface area contributed by atoms with Crippen molar-refractivity contribution in [2.75, 3.05) is 6.54 Å². The molecule has 1 heterocycles. The van der Waals surface area contributed by atoms with Gasteiger partial charge in [-0.3, -0.25) is 9.59 Å². The first-order valence-electron chi connectivity index (χ1n) is 7.86. The average Bonchev–Trinajstić information content (AvgIpc) is 2.53. The summed E-state index contributed by atoms with van der Waals surface area (Å²) >= 11 is 0. The number of carbonyl (C=O) groups is 2. The van der Waals surface area contributed by atoms with Crippen LogP contribution in [0.2, 0.25) is 0 Å². The van der Waals surface area contributed by atoms with Gasteiger partial charge >= 0.3 is 0 Å². The van der Waals surface area contributed by atoms with E-state index < -0.39 is 11.9 Å². The Bertz CT molecular complexity index is 549. The third-order valence-electron chi connectivity index (χ3n) is 4.79. The molecular formula is C17H22N2O2. The first-order valence-corrected chi connectivity index (χ1v) is 7.86. The second-order valence-electron chi connectivity index (χ2n) is 6.12. The number of carbonyl (C=O) groups excluding carboxylic acids is 2. The summed E-state index contributed by atoms with van der Waals surface area (Å²) in [4.78, 5) is 26.5. The fourth-order valence-electron chi connectivity index (χ4n) is 3.69. The molecule has 1 aromatic rings. The van der Waals surface area contributed by atoms with Crippen LogP contribution in [0, 0.1) is 5.92 Å². The van der Waals surface area contributed by atoms with Crippen LogP contribution in [0.4, 0.5) is 0 Å². The van der Waals surface area contributed by atoms with Crippen molar-refractivity contribution in [1.29, 1.82) is 0 Å². The van der Waals surface area contributed by atoms with Crippen LogP contribution < -0.4 is 5.73 Å². The highest BCUT2D eigenvalue weighted by Gasteiger charge is 2.37. The lowest BCUT2D eigenvalue weighted by Gasteiger charge is -2.38. The Labute approximate surface area is 125 Å². The molecule has 112 valence electrons. The minimum atomic E-state index is -0.593. The first kappa shape index (κ1) is 14.1. The van der Waals surface area contributed by atoms with Crippen LogP contribution in [0.25, 0.3) is 0 Å². The van der Waals surface area contributed by atoms with E-state index in [1.165, 1.54) is 6.42 Å². The highest BCUT2D eigenvalue weighted by atomic mass is 16.2. The van der Waals surface area contributed by atoms with Crippen molar-refractivity contribution >= 4 is 11.8 Å². The highest BCUT2D eigenvalue weighted by molar-refractivity contribution is 5.89. The first-order chi connectivity index (χ1) is 10.2. The third kappa shape index (κ3) is 2.67. The lowest BCUT2D eigenvalue weighted by atomic mass is 9.85. The van der Waals surface area contributed by atoms with Gasteiger partial charge in [-0.25, -0.2) is 0 Å². The average molecular weight is 286 g/mol. The summed E-state index contributed by atoms with van der Waals surface area (Å²) in [5.41, 5.74) is 7.64. The van der Waals surface area contributed by atoms with E-state index in [0.717, 1.165) is 43.2 Å². The molecule has 1 fully saturated rings. The van der Waals surface area contributed by atoms with Crippen molar-refractivity contribution < 1.29 is 9.59 Å². The molecule has 1 aliphatic carbocycles. The molecule has 0 spiro atoms. The number of benzene rings is 1. The number of hydrogen-bond donors (Lipinski definition) is 1. The number of nitrogens with zero attached hydrogens (tertiary/aromatic N) is 1. The molecular weight excluding hydrogens is 264 g/mol. The van der Waals surface area contributed by atoms with Gasteiger partial charge in [-0.2, -0.15) is 0 Å². The fraction of sp³-hybridized carbons (Fsp3) is 0.529. The van der Waals surface area contributed by atoms with E-state index in [9.17, 15) is 9.59 Å². The Kier molecular flexibility index (Phi) is 3.95. The predicted molar refractivity (Wildman–Crippen MR) is 80.4 cm³/mol. The van der Waals surface area contributed by atoms with Gasteiger partial charge in [-0.05, 0) is 30.4 Å². The minimum absolute atomic E-state index is 0.0749. The molecule has 3 rings (SSSR count). The molecule has 4 heteroatoms. The summed E-state index contributed by atoms with van der Waals surface area (Å²) < 4.78 is 0. The maximum absolute atomic E-state index is 12.8. The zero-order valence-electron chi connectivity index (χ0n) is 12.3. The highest BCUT2D eigenvalue weighted by Crippen LogP contribution is 2.33. The van der Waals surface area contributed by atoms with Crippen LogP contribution in [0.15, 0.2) is 24.3 Å². The number of amides is 2. The summed E-state index contributed by atoms with van der Waals surface area (Å²) in [6.07, 6.45) is 6.14. The Morgan fingerprint density at radius 1 is 1.10 bits per heavy atom. The van der Waals surface area contributed by atoms with Crippen LogP contribution >= 0.6 is 0 Å². The zero-order valence-corrected chi connectivity index (χ0v) is 12.3. The van der Waals surface area contributed by atoms with Crippen molar-refractivity contribution in [2.45, 2.75) is 44.6 Å². The summed E-state index contributed by atoms with van der Waals surface area (Å²) in [6.45, 7) is 0.597. The molecule has 0 aromatic heterocycles. The van der Waals surface area contributed by atoms with Gasteiger partial charge in [0.05, 0.1) is 0 Å². The largest absolute Gasteiger partial charge is 0.368 e. The van der Waals surface area contributed by atoms with Gasteiger partial charge in [-0.15, -0.1) is 0 Å². The van der Waals surface area contributed by atoms with Gasteiger partial charge < -0.3 is 10.6 Å². The number of rotatable bonds is 2. The molecule has 21 heavy (non-hydrogen) atoms. The lowest BCUT2D eigenvalue weighted by Crippen LogP contribution is -2.48. The Balaban J connectivity index is 1.88. The van der Waals surface area contributed by atoms with Crippen molar-refractivity contribution in [3.63, 3.8) is 0 Å². The van der Waals surface area contributed by atoms with E-state index >= 15 is 0 Å². The molecule has 4 nitrogen and oxygen atoms in total. The molecule has 0 saturated heterocycles. The summed E-state index contributed by atoms with van der Waals surface area (Å²) in [5.74, 6) is -0.231. The van der Waals surface area contributed by atoms with Crippen molar-refractivity contribution in [2.24, 2.45) is 11.7 Å². The van der Waals surface area contributed by atoms with E-state index in [2.05, 4.69) is 0 Å². The fourth-order valence-corrected chi connectivity index (χ4v) is 3.69. The van der Waals surface area contributed by atoms with E-state index in [1.54, 1.807) is 4.90 Å². The summed E-state index contributed by atoms with van der Waals surface area (Å²) in [6, 6.07) is 7.22. The topological polar surface area (TPSA) is 63.4 Å². The quantitative estimate of drug-likeness (QED) is 0.905. The van der Waals surface area contributed by atoms with Crippen molar-refractivity contribution in [1.82, 2.24) is 4.90 Å². The molecule has 2 N–H and O–H groups in total. The smallest absolute Gasteiger partial charge is 0.244 e. The molecule has 1 saturated carbocycles. The van der Waals surface area contributed by atoms with Gasteiger partial charge in [0.15, 0.2) is 0 Å². The van der Waals surface area contributed by atoms with Crippen LogP contribution in [0.5, 0.6) is 0 Å². The minimum Gasteiger partial charge on any atom is -0.368 e. The van der Waals surface area contributed by atoms with Gasteiger partial charge in [0.25, 0.3) is 0 Å². The Morgan fingerprint density at radius 2 is 1.81 bits per heavy atom. The number of primary amides is 1. The van der Waals surface area contributed by atoms with Gasteiger partial charge in [0.1, 0.15) is 6.04 Å². The number of fused-ring (bicyclic) bond motifs is 1. The van der Waals surface area contributed by atoms with Crippen molar-refractivity contribution in [3.05, 3.63) is 35.4 Å². The van der Waals surface area contributed by atoms with Crippen molar-refractivity contribution in [3.8, 4) is 0 Å². The maximum Gasteiger partial charge on any atom is 0.244 e. The van der Waals surface area contributed by atoms with Crippen LogP contribution in [-0.2, 0) is 16.0 Å². The Morgan fingerprint density at radius 3 is 2.52 bits per heavy atom. The van der Waals surface area contributed by atoms with E-state index in [1.807, 2.05) is 24.3 Å². The third-order valence-corrected chi connectivity index (χ3v) is 4.79. The van der Waals surface area contributed by atoms with Gasteiger partial charge in [0, 0.05) is 12.5 Å². The lowest BCUT2D eigenvalue weighted by molar-refractivity contribution is -0.144. The second-order valence-corrected chi connectivity index (χ2v) is 6.12. The number of nitrogens with two attached hydrogens (primary N) is 1. The van der Waals surface area contributed by atoms with Crippen LogP contribution in [0.1, 0.15) is 49.3 Å². The summed E-state index contributed by atoms with van der Waals surface area (Å²) in [5, 5.41) is 0. The zero-order chi connectivity index (χ0) is 14.8. The molecule has 1 aromatic carbocycles. The molecule has 0 bridgehead atoms. The SMILES string of the molecule is NC(=O)C1c2ccccc2CCN1C(=O)C1CCCCC1. The van der Waals surface area contributed by atoms with Crippen LogP contribution in [0.3, 0.4) is 0 Å². The van der Waals surface area contributed by atoms with Gasteiger partial charge in [0.2, 0.25) is 11.8 Å². The molecule has 1 unspecified atom stereocenters. The molecule has 0 radical (unpaired) electrons. The van der Waals surface area contributed by atoms with E-state index in [-0.39, 0.29) is 11.8 Å². The molecule has 2 aliphatic rings. The van der Waals surface area contributed by atoms with Crippen LogP contribution in [-0.4, -0.2) is 23.3 Å². The second kappa shape index (κ2) is 5.88. The molecule has 1 atom stereocenters. The Hall–Kier alpha value is -1.84. The molecule has 2 amide bonds. The van der Waals surface area contributed by atoms with Gasteiger partial charge in [-0.1, -0.05) is 43.5 Å². The number of hydrogen-bond acceptors (Lipinski definition) is 2. The predicted octanol–water partition coefficient (Wildman–Crippen LogP) is 2.18. The normalized spacial score (nSPS) is 22.7. The molecule has 1 aliphatic heterocycles. The van der Waals surface area contributed by atoms with E-state index in [4.69, 9.17) is 5.73 Å². The standard InChI is InChI=1S/C17H22N2O2/c18-16(20)15-14-9-5-4-6-12(14)10-11-19(15)17(21)13-7-2-1-3-8-13/h4-6,9,13,15H,1-3,7-8,10-11H2,(H2,18,20). The maximum atomic E-state index is 12.8.